The van der Waals surface area contributed by atoms with Gasteiger partial charge in [0.2, 0.25) is 0 Å². The van der Waals surface area contributed by atoms with E-state index < -0.39 is 0 Å². The molecule has 638 valence electrons. The Balaban J connectivity index is 0.990. The van der Waals surface area contributed by atoms with Crippen LogP contribution >= 0.6 is 99.9 Å². The Morgan fingerprint density at radius 1 is 0.216 bits per heavy atom. The van der Waals surface area contributed by atoms with Crippen molar-refractivity contribution >= 4 is 146 Å². The number of unbranched alkanes of at least 4 members (excludes halogenated alkanes) is 32. The zero-order valence-corrected chi connectivity index (χ0v) is 80.7. The number of carbonyl (C=O) groups excluding carboxylic acids is 4. The van der Waals surface area contributed by atoms with Crippen LogP contribution in [0.1, 0.15) is 383 Å². The van der Waals surface area contributed by atoms with Gasteiger partial charge >= 0.3 is 0 Å². The van der Waals surface area contributed by atoms with Crippen LogP contribution in [0, 0.1) is 23.7 Å². The number of halogens is 2. The molecule has 4 unspecified atom stereocenters. The van der Waals surface area contributed by atoms with Crippen molar-refractivity contribution in [3.05, 3.63) is 122 Å². The molecule has 4 amide bonds. The van der Waals surface area contributed by atoms with Crippen molar-refractivity contribution in [3.63, 3.8) is 0 Å². The zero-order chi connectivity index (χ0) is 82.0. The highest BCUT2D eigenvalue weighted by atomic mass is 79.9. The van der Waals surface area contributed by atoms with Crippen LogP contribution in [-0.4, -0.2) is 69.4 Å². The molecule has 8 nitrogen and oxygen atoms in total. The minimum Gasteiger partial charge on any atom is -0.306 e. The van der Waals surface area contributed by atoms with Gasteiger partial charge in [0.25, 0.3) is 23.6 Å². The maximum absolute atomic E-state index is 16.1. The predicted molar refractivity (Wildman–Crippen MR) is 514 cm³/mol. The van der Waals surface area contributed by atoms with Gasteiger partial charge in [0.15, 0.2) is 0 Å². The van der Waals surface area contributed by atoms with Crippen LogP contribution in [0.3, 0.4) is 0 Å². The summed E-state index contributed by atoms with van der Waals surface area (Å²) in [5.41, 5.74) is 5.75. The summed E-state index contributed by atoms with van der Waals surface area (Å²) in [5, 5.41) is 0. The molecule has 4 aliphatic heterocycles. The molecule has 0 saturated heterocycles. The third-order valence-electron chi connectivity index (χ3n) is 25.1. The summed E-state index contributed by atoms with van der Waals surface area (Å²) < 4.78 is 2.00. The summed E-state index contributed by atoms with van der Waals surface area (Å²) in [5.74, 6) is 1.35. The molecule has 0 aromatic carbocycles. The molecule has 0 saturated carbocycles. The van der Waals surface area contributed by atoms with Gasteiger partial charge < -0.3 is 19.6 Å². The summed E-state index contributed by atoms with van der Waals surface area (Å²) in [6, 6.07) is 26.5. The van der Waals surface area contributed by atoms with Crippen molar-refractivity contribution in [1.29, 1.82) is 0 Å². The lowest BCUT2D eigenvalue weighted by molar-refractivity contribution is -0.124. The smallest absolute Gasteiger partial charge is 0.261 e. The SMILES string of the molecule is CCCCCCCCC(CCCCCC)CN1C(=O)C2=C(c3ccc(-c4ccc(-c5ccc(-c6ccc(C7=C8C(=O)N(CC(CCCCCC)CCCCCCCC)C(c9ccc(Br)s9)=C8C(=O)N7CC(CCCCCC)CCCCCCCC)s6)s5)s4)s3)N(CC(CCCCCC)CCCCCCCC)C(=O)C2=C1c1ccc(Br)s1. The Hall–Kier alpha value is -4.00. The molecule has 0 spiro atoms. The van der Waals surface area contributed by atoms with Gasteiger partial charge in [-0.25, -0.2) is 0 Å². The van der Waals surface area contributed by atoms with Gasteiger partial charge in [-0.3, -0.25) is 19.2 Å². The lowest BCUT2D eigenvalue weighted by atomic mass is 9.93. The van der Waals surface area contributed by atoms with Crippen molar-refractivity contribution in [2.45, 2.75) is 364 Å². The lowest BCUT2D eigenvalue weighted by Crippen LogP contribution is -2.34. The molecule has 16 heteroatoms. The van der Waals surface area contributed by atoms with E-state index in [0.717, 1.165) is 150 Å². The van der Waals surface area contributed by atoms with Crippen LogP contribution in [-0.2, 0) is 19.2 Å². The lowest BCUT2D eigenvalue weighted by Gasteiger charge is -2.29. The molecule has 10 rings (SSSR count). The number of amides is 4. The van der Waals surface area contributed by atoms with E-state index in [1.807, 2.05) is 22.7 Å². The Labute approximate surface area is 743 Å². The highest BCUT2D eigenvalue weighted by Gasteiger charge is 2.52. The molecule has 116 heavy (non-hydrogen) atoms. The van der Waals surface area contributed by atoms with E-state index >= 15 is 19.2 Å². The summed E-state index contributed by atoms with van der Waals surface area (Å²) in [7, 11) is 0. The molecule has 0 bridgehead atoms. The Kier molecular flexibility index (Phi) is 41.6. The first-order valence-electron chi connectivity index (χ1n) is 47.0. The molecule has 0 radical (unpaired) electrons. The van der Waals surface area contributed by atoms with E-state index in [0.29, 0.717) is 72.1 Å². The first-order chi connectivity index (χ1) is 56.8. The van der Waals surface area contributed by atoms with E-state index in [1.54, 1.807) is 45.3 Å². The van der Waals surface area contributed by atoms with Crippen LogP contribution in [0.5, 0.6) is 0 Å². The second-order valence-electron chi connectivity index (χ2n) is 34.5. The number of hydrogen-bond acceptors (Lipinski definition) is 10. The maximum atomic E-state index is 16.1. The van der Waals surface area contributed by atoms with Gasteiger partial charge in [-0.1, -0.05) is 312 Å². The first-order valence-corrected chi connectivity index (χ1v) is 53.5. The second-order valence-corrected chi connectivity index (χ2v) is 43.8. The van der Waals surface area contributed by atoms with Crippen LogP contribution in [0.25, 0.3) is 52.1 Å². The Morgan fingerprint density at radius 2 is 0.371 bits per heavy atom. The predicted octanol–water partition coefficient (Wildman–Crippen LogP) is 33.5. The van der Waals surface area contributed by atoms with Gasteiger partial charge in [0, 0.05) is 55.4 Å². The highest BCUT2D eigenvalue weighted by molar-refractivity contribution is 9.11. The molecule has 0 fully saturated rings. The van der Waals surface area contributed by atoms with Crippen molar-refractivity contribution in [2.24, 2.45) is 23.7 Å². The largest absolute Gasteiger partial charge is 0.306 e. The molecular formula is C100H144Br2N4O4S6. The van der Waals surface area contributed by atoms with Crippen molar-refractivity contribution < 1.29 is 19.2 Å². The number of hydrogen-bond donors (Lipinski definition) is 0. The van der Waals surface area contributed by atoms with Crippen LogP contribution in [0.2, 0.25) is 0 Å². The molecule has 10 heterocycles. The molecule has 6 aromatic heterocycles. The Bertz CT molecular complexity index is 3850. The fraction of sp³-hybridized carbons (Fsp3) is 0.640. The molecule has 4 atom stereocenters. The number of carbonyl (C=O) groups is 4. The normalized spacial score (nSPS) is 15.6. The average molecular weight is 1820 g/mol. The van der Waals surface area contributed by atoms with Crippen LogP contribution < -0.4 is 0 Å². The fourth-order valence-electron chi connectivity index (χ4n) is 18.4. The minimum atomic E-state index is -0.00283. The first kappa shape index (κ1) is 94.3. The molecular weight excluding hydrogens is 1670 g/mol. The van der Waals surface area contributed by atoms with Crippen LogP contribution in [0.15, 0.2) is 103 Å². The van der Waals surface area contributed by atoms with Gasteiger partial charge in [0.05, 0.1) is 72.2 Å². The van der Waals surface area contributed by atoms with Gasteiger partial charge in [-0.15, -0.1) is 68.0 Å². The minimum absolute atomic E-state index is 0.00283. The number of thiophene rings is 6. The second kappa shape index (κ2) is 51.2. The van der Waals surface area contributed by atoms with Crippen LogP contribution in [0.4, 0.5) is 0 Å². The highest BCUT2D eigenvalue weighted by Crippen LogP contribution is 2.54. The molecule has 6 aromatic rings. The van der Waals surface area contributed by atoms with Gasteiger partial charge in [-0.05, 0) is 180 Å². The summed E-state index contributed by atoms with van der Waals surface area (Å²) in [6.07, 6.45) is 57.7. The topological polar surface area (TPSA) is 81.2 Å². The molecule has 4 aliphatic rings. The third-order valence-corrected chi connectivity index (χ3v) is 33.3. The van der Waals surface area contributed by atoms with E-state index in [9.17, 15) is 0 Å². The number of rotatable bonds is 63. The monoisotopic (exact) mass is 1810 g/mol. The van der Waals surface area contributed by atoms with E-state index in [-0.39, 0.29) is 23.6 Å². The van der Waals surface area contributed by atoms with Gasteiger partial charge in [0.1, 0.15) is 0 Å². The standard InChI is InChI=1S/C100H144Br2N4O4S6/c1-9-17-25-33-37-45-53-73(49-41-29-21-13-5)69-103-93(89-91(99(103)109)95(85-65-67-87(101)115-85)105(97(89)107)71-75(51-43-31-23-15-7)55-47-39-35-27-19-11-3)83-63-61-81(113-83)79-59-57-77(111-79)78-58-60-80(112-78)82-62-64-84(114-82)94-90-92(100(110)104(94)70-74(50-42-30-22-14-6)54-46-38-34-26-18-10-2)96(86-66-68-88(102)116-86)106(98(90)108)72-76(52-44-32-24-16-8)56-48-40-36-28-20-12-4/h57-68,73-76H,9-56,69-72H2,1-8H3. The van der Waals surface area contributed by atoms with E-state index in [2.05, 4.69) is 180 Å². The fourth-order valence-corrected chi connectivity index (χ4v) is 25.7. The van der Waals surface area contributed by atoms with Gasteiger partial charge in [-0.2, -0.15) is 0 Å². The quantitative estimate of drug-likeness (QED) is 0.0356. The number of fused-ring (bicyclic) bond motifs is 2. The molecule has 0 aliphatic carbocycles. The summed E-state index contributed by atoms with van der Waals surface area (Å²) >= 11 is 18.0. The van der Waals surface area contributed by atoms with E-state index in [4.69, 9.17) is 0 Å². The van der Waals surface area contributed by atoms with Crippen molar-refractivity contribution in [3.8, 4) is 29.3 Å². The third kappa shape index (κ3) is 26.5. The zero-order valence-electron chi connectivity index (χ0n) is 72.6. The average Bonchev–Trinajstić information content (AvgIpc) is 1.56. The number of nitrogens with zero attached hydrogens (tertiary/aromatic N) is 4. The van der Waals surface area contributed by atoms with Crippen molar-refractivity contribution in [1.82, 2.24) is 19.6 Å². The summed E-state index contributed by atoms with van der Waals surface area (Å²) in [6.45, 7) is 20.8. The molecule has 0 N–H and O–H groups in total. The van der Waals surface area contributed by atoms with E-state index in [1.165, 1.54) is 238 Å². The maximum Gasteiger partial charge on any atom is 0.261 e. The summed E-state index contributed by atoms with van der Waals surface area (Å²) in [4.78, 5) is 83.7. The Morgan fingerprint density at radius 3 is 0.560 bits per heavy atom. The van der Waals surface area contributed by atoms with Crippen molar-refractivity contribution in [2.75, 3.05) is 26.2 Å².